The fourth-order valence-electron chi connectivity index (χ4n) is 7.42. The van der Waals surface area contributed by atoms with E-state index in [1.165, 1.54) is 0 Å². The molecule has 0 amide bonds. The zero-order valence-electron chi connectivity index (χ0n) is 26.0. The largest absolute Gasteiger partial charge is 0.504 e. The van der Waals surface area contributed by atoms with Gasteiger partial charge in [-0.1, -0.05) is 103 Å². The second kappa shape index (κ2) is 10.5. The molecule has 8 heteroatoms. The molecule has 0 saturated carbocycles. The average molecular weight is 659 g/mol. The highest BCUT2D eigenvalue weighted by atomic mass is 16.4. The summed E-state index contributed by atoms with van der Waals surface area (Å²) in [5, 5.41) is 79.6. The third-order valence-electron chi connectivity index (χ3n) is 9.61. The summed E-state index contributed by atoms with van der Waals surface area (Å²) < 4.78 is 6.48. The highest BCUT2D eigenvalue weighted by molar-refractivity contribution is 6.24. The average Bonchev–Trinajstić information content (AvgIpc) is 3.53. The minimum Gasteiger partial charge on any atom is -0.504 e. The lowest BCUT2D eigenvalue weighted by atomic mass is 9.84. The number of aromatic hydroxyl groups is 7. The van der Waals surface area contributed by atoms with Crippen molar-refractivity contribution in [2.24, 2.45) is 0 Å². The molecule has 0 aliphatic carbocycles. The Hall–Kier alpha value is -7.06. The van der Waals surface area contributed by atoms with Crippen LogP contribution in [0.2, 0.25) is 0 Å². The third-order valence-corrected chi connectivity index (χ3v) is 9.61. The van der Waals surface area contributed by atoms with Crippen molar-refractivity contribution in [3.63, 3.8) is 0 Å². The summed E-state index contributed by atoms with van der Waals surface area (Å²) in [5.41, 5.74) is 5.23. The van der Waals surface area contributed by atoms with Crippen molar-refractivity contribution in [3.05, 3.63) is 115 Å². The fourth-order valence-corrected chi connectivity index (χ4v) is 7.42. The molecule has 8 nitrogen and oxygen atoms in total. The monoisotopic (exact) mass is 658 g/mol. The molecule has 0 unspecified atom stereocenters. The second-order valence-corrected chi connectivity index (χ2v) is 12.3. The minimum absolute atomic E-state index is 0.179. The van der Waals surface area contributed by atoms with Crippen LogP contribution in [0.15, 0.2) is 120 Å². The van der Waals surface area contributed by atoms with Crippen molar-refractivity contribution >= 4 is 54.3 Å². The molecule has 242 valence electrons. The number of benzene rings is 8. The topological polar surface area (TPSA) is 155 Å². The molecule has 0 aliphatic rings. The minimum atomic E-state index is -1.09. The Morgan fingerprint density at radius 3 is 1.42 bits per heavy atom. The summed E-state index contributed by atoms with van der Waals surface area (Å²) in [6.07, 6.45) is 0. The van der Waals surface area contributed by atoms with Gasteiger partial charge in [0.05, 0.1) is 5.39 Å². The molecule has 0 spiro atoms. The molecule has 1 aromatic heterocycles. The summed E-state index contributed by atoms with van der Waals surface area (Å²) in [6, 6.07) is 37.3. The van der Waals surface area contributed by atoms with E-state index in [2.05, 4.69) is 30.3 Å². The lowest BCUT2D eigenvalue weighted by molar-refractivity contribution is 0.347. The van der Waals surface area contributed by atoms with Gasteiger partial charge in [0.25, 0.3) is 0 Å². The number of rotatable bonds is 3. The van der Waals surface area contributed by atoms with Gasteiger partial charge in [-0.3, -0.25) is 0 Å². The quantitative estimate of drug-likeness (QED) is 0.0562. The van der Waals surface area contributed by atoms with Crippen LogP contribution in [0.1, 0.15) is 0 Å². The number of fused-ring (bicyclic) bond motifs is 6. The number of hydrogen-bond donors (Lipinski definition) is 7. The molecule has 9 rings (SSSR count). The van der Waals surface area contributed by atoms with Gasteiger partial charge >= 0.3 is 0 Å². The van der Waals surface area contributed by atoms with E-state index in [0.717, 1.165) is 65.7 Å². The number of hydrogen-bond acceptors (Lipinski definition) is 8. The van der Waals surface area contributed by atoms with Gasteiger partial charge < -0.3 is 40.2 Å². The van der Waals surface area contributed by atoms with E-state index in [1.807, 2.05) is 66.7 Å². The number of furan rings is 1. The zero-order valence-corrected chi connectivity index (χ0v) is 26.0. The Labute approximate surface area is 282 Å². The van der Waals surface area contributed by atoms with E-state index in [4.69, 9.17) is 4.42 Å². The van der Waals surface area contributed by atoms with Crippen LogP contribution in [0.4, 0.5) is 0 Å². The first-order valence-corrected chi connectivity index (χ1v) is 15.8. The normalized spacial score (nSPS) is 11.8. The lowest BCUT2D eigenvalue weighted by Gasteiger charge is -2.19. The van der Waals surface area contributed by atoms with Crippen LogP contribution < -0.4 is 0 Å². The van der Waals surface area contributed by atoms with Crippen molar-refractivity contribution in [2.45, 2.75) is 0 Å². The standard InChI is InChI=1S/C42H26O8/c43-35-31(33-34(37(45)39(35)47)38(46)41(49)40(48)36(33)44)21-10-7-9-20(19-21)30-23-12-1-3-14-25(23)32(26-15-4-2-13-24(26)30)28-17-8-16-27-22-11-5-6-18-29(22)50-42(27)28/h1-19,43-49H. The molecule has 0 radical (unpaired) electrons. The fraction of sp³-hybridized carbons (Fsp3) is 0. The second-order valence-electron chi connectivity index (χ2n) is 12.3. The van der Waals surface area contributed by atoms with E-state index >= 15 is 0 Å². The van der Waals surface area contributed by atoms with Crippen molar-refractivity contribution in [1.82, 2.24) is 0 Å². The molecular formula is C42H26O8. The summed E-state index contributed by atoms with van der Waals surface area (Å²) in [4.78, 5) is 0. The Morgan fingerprint density at radius 1 is 0.340 bits per heavy atom. The van der Waals surface area contributed by atoms with Gasteiger partial charge in [-0.25, -0.2) is 0 Å². The summed E-state index contributed by atoms with van der Waals surface area (Å²) in [5.74, 6) is -6.77. The first-order valence-electron chi connectivity index (χ1n) is 15.8. The van der Waals surface area contributed by atoms with Crippen molar-refractivity contribution in [3.8, 4) is 73.6 Å². The zero-order chi connectivity index (χ0) is 34.4. The van der Waals surface area contributed by atoms with E-state index < -0.39 is 45.6 Å². The lowest BCUT2D eigenvalue weighted by Crippen LogP contribution is -1.92. The SMILES string of the molecule is Oc1c(O)c(O)c2c(-c3cccc(-c4c5ccccc5c(-c5cccc6c5oc5ccccc56)c5ccccc45)c3)c(O)c(O)c(O)c2c1O. The van der Waals surface area contributed by atoms with Crippen LogP contribution in [0.25, 0.3) is 87.6 Å². The van der Waals surface area contributed by atoms with Gasteiger partial charge in [-0.15, -0.1) is 0 Å². The molecule has 50 heavy (non-hydrogen) atoms. The number of para-hydroxylation sites is 2. The highest BCUT2D eigenvalue weighted by Crippen LogP contribution is 2.59. The van der Waals surface area contributed by atoms with Gasteiger partial charge in [-0.05, 0) is 50.4 Å². The smallest absolute Gasteiger partial charge is 0.205 e. The predicted octanol–water partition coefficient (Wildman–Crippen LogP) is 9.99. The maximum Gasteiger partial charge on any atom is 0.205 e. The Bertz CT molecular complexity index is 2840. The van der Waals surface area contributed by atoms with Crippen molar-refractivity contribution in [2.75, 3.05) is 0 Å². The Balaban J connectivity index is 1.36. The van der Waals surface area contributed by atoms with Crippen LogP contribution in [-0.2, 0) is 0 Å². The molecule has 7 N–H and O–H groups in total. The summed E-state index contributed by atoms with van der Waals surface area (Å²) in [6.45, 7) is 0. The van der Waals surface area contributed by atoms with E-state index in [-0.39, 0.29) is 16.5 Å². The molecular weight excluding hydrogens is 632 g/mol. The van der Waals surface area contributed by atoms with Crippen LogP contribution >= 0.6 is 0 Å². The van der Waals surface area contributed by atoms with E-state index in [0.29, 0.717) is 0 Å². The van der Waals surface area contributed by atoms with Crippen molar-refractivity contribution in [1.29, 1.82) is 0 Å². The Morgan fingerprint density at radius 2 is 0.800 bits per heavy atom. The molecule has 8 aromatic carbocycles. The molecule has 0 aliphatic heterocycles. The third kappa shape index (κ3) is 3.87. The molecule has 0 saturated heterocycles. The van der Waals surface area contributed by atoms with Crippen molar-refractivity contribution < 1.29 is 40.2 Å². The van der Waals surface area contributed by atoms with Gasteiger partial charge in [0, 0.05) is 32.8 Å². The van der Waals surface area contributed by atoms with Gasteiger partial charge in [-0.2, -0.15) is 0 Å². The summed E-state index contributed by atoms with van der Waals surface area (Å²) >= 11 is 0. The molecule has 0 fully saturated rings. The molecule has 1 heterocycles. The van der Waals surface area contributed by atoms with Crippen LogP contribution in [0, 0.1) is 0 Å². The predicted molar refractivity (Wildman–Crippen MR) is 194 cm³/mol. The van der Waals surface area contributed by atoms with Gasteiger partial charge in [0.1, 0.15) is 11.2 Å². The highest BCUT2D eigenvalue weighted by Gasteiger charge is 2.29. The Kier molecular flexibility index (Phi) is 6.09. The van der Waals surface area contributed by atoms with Gasteiger partial charge in [0.15, 0.2) is 23.0 Å². The van der Waals surface area contributed by atoms with Gasteiger partial charge in [0.2, 0.25) is 17.2 Å². The maximum absolute atomic E-state index is 11.2. The molecule has 0 atom stereocenters. The van der Waals surface area contributed by atoms with E-state index in [9.17, 15) is 35.7 Å². The molecule has 0 bridgehead atoms. The van der Waals surface area contributed by atoms with Crippen LogP contribution in [0.5, 0.6) is 40.2 Å². The summed E-state index contributed by atoms with van der Waals surface area (Å²) in [7, 11) is 0. The number of phenolic OH excluding ortho intramolecular Hbond substituents is 7. The maximum atomic E-state index is 11.2. The first kappa shape index (κ1) is 29.1. The first-order chi connectivity index (χ1) is 24.3. The number of phenols is 7. The van der Waals surface area contributed by atoms with Crippen LogP contribution in [-0.4, -0.2) is 35.7 Å². The molecule has 9 aromatic rings. The van der Waals surface area contributed by atoms with Crippen LogP contribution in [0.3, 0.4) is 0 Å². The van der Waals surface area contributed by atoms with E-state index in [1.54, 1.807) is 18.2 Å².